The van der Waals surface area contributed by atoms with Crippen molar-refractivity contribution in [2.75, 3.05) is 18.4 Å². The first-order valence-electron chi connectivity index (χ1n) is 6.26. The van der Waals surface area contributed by atoms with E-state index in [-0.39, 0.29) is 11.7 Å². The summed E-state index contributed by atoms with van der Waals surface area (Å²) < 4.78 is 5.63. The third kappa shape index (κ3) is 3.93. The van der Waals surface area contributed by atoms with Gasteiger partial charge in [-0.15, -0.1) is 0 Å². The van der Waals surface area contributed by atoms with Crippen LogP contribution in [0.4, 0.5) is 5.69 Å². The number of rotatable bonds is 5. The summed E-state index contributed by atoms with van der Waals surface area (Å²) in [6.45, 7) is 0.715. The molecule has 1 aromatic carbocycles. The molecule has 0 fully saturated rings. The number of nitrogens with one attached hydrogen (secondary N) is 2. The second kappa shape index (κ2) is 7.05. The van der Waals surface area contributed by atoms with Crippen molar-refractivity contribution >= 4 is 33.4 Å². The van der Waals surface area contributed by atoms with E-state index in [4.69, 9.17) is 10.2 Å². The highest BCUT2D eigenvalue weighted by Crippen LogP contribution is 2.18. The summed E-state index contributed by atoms with van der Waals surface area (Å²) in [6.07, 6.45) is 0. The van der Waals surface area contributed by atoms with Gasteiger partial charge in [0, 0.05) is 13.1 Å². The van der Waals surface area contributed by atoms with E-state index in [0.717, 1.165) is 0 Å². The van der Waals surface area contributed by atoms with Crippen molar-refractivity contribution in [1.82, 2.24) is 5.32 Å². The Hall–Kier alpha value is -2.12. The third-order valence-corrected chi connectivity index (χ3v) is 3.07. The molecule has 0 aliphatic heterocycles. The van der Waals surface area contributed by atoms with Crippen LogP contribution in [-0.2, 0) is 0 Å². The maximum atomic E-state index is 12.0. The largest absolute Gasteiger partial charge is 0.444 e. The molecule has 0 saturated heterocycles. The average Bonchev–Trinajstić information content (AvgIpc) is 2.92. The first-order valence-corrected chi connectivity index (χ1v) is 7.05. The van der Waals surface area contributed by atoms with Crippen LogP contribution in [0.1, 0.15) is 20.9 Å². The summed E-state index contributed by atoms with van der Waals surface area (Å²) in [6, 6.07) is 9.88. The molecule has 2 aromatic rings. The summed E-state index contributed by atoms with van der Waals surface area (Å²) in [7, 11) is 0. The molecule has 7 heteroatoms. The molecule has 0 atom stereocenters. The second-order valence-electron chi connectivity index (χ2n) is 4.15. The fourth-order valence-corrected chi connectivity index (χ4v) is 2.00. The van der Waals surface area contributed by atoms with Gasteiger partial charge in [0.1, 0.15) is 0 Å². The van der Waals surface area contributed by atoms with Crippen molar-refractivity contribution in [2.24, 2.45) is 5.73 Å². The number of para-hydroxylation sites is 1. The predicted molar refractivity (Wildman–Crippen MR) is 82.2 cm³/mol. The van der Waals surface area contributed by atoms with E-state index in [1.165, 1.54) is 6.07 Å². The molecule has 0 unspecified atom stereocenters. The Morgan fingerprint density at radius 2 is 1.90 bits per heavy atom. The van der Waals surface area contributed by atoms with Crippen molar-refractivity contribution in [2.45, 2.75) is 0 Å². The Morgan fingerprint density at radius 3 is 2.57 bits per heavy atom. The number of hydrogen-bond acceptors (Lipinski definition) is 4. The molecule has 0 aliphatic rings. The van der Waals surface area contributed by atoms with Crippen LogP contribution in [-0.4, -0.2) is 24.9 Å². The number of nitrogens with two attached hydrogens (primary N) is 1. The standard InChI is InChI=1S/C14H14BrN3O3/c15-12-6-5-11(21-12)14(20)18-10-4-2-1-3-9(10)13(19)17-8-7-16/h1-6H,7-8,16H2,(H,17,19)(H,18,20). The van der Waals surface area contributed by atoms with Crippen LogP contribution < -0.4 is 16.4 Å². The van der Waals surface area contributed by atoms with Crippen LogP contribution in [0.5, 0.6) is 0 Å². The number of anilines is 1. The molecule has 2 rings (SSSR count). The highest BCUT2D eigenvalue weighted by Gasteiger charge is 2.15. The first kappa shape index (κ1) is 15.3. The minimum atomic E-state index is -0.431. The normalized spacial score (nSPS) is 10.2. The highest BCUT2D eigenvalue weighted by atomic mass is 79.9. The molecule has 0 aliphatic carbocycles. The number of carbonyl (C=O) groups is 2. The highest BCUT2D eigenvalue weighted by molar-refractivity contribution is 9.10. The summed E-state index contributed by atoms with van der Waals surface area (Å²) in [5.74, 6) is -0.573. The van der Waals surface area contributed by atoms with Gasteiger partial charge in [-0.2, -0.15) is 0 Å². The van der Waals surface area contributed by atoms with Crippen molar-refractivity contribution in [3.05, 3.63) is 52.4 Å². The van der Waals surface area contributed by atoms with E-state index in [0.29, 0.717) is 29.0 Å². The third-order valence-electron chi connectivity index (χ3n) is 2.65. The molecule has 0 saturated carbocycles. The number of amides is 2. The van der Waals surface area contributed by atoms with Crippen LogP contribution in [0.2, 0.25) is 0 Å². The Kier molecular flexibility index (Phi) is 5.13. The minimum Gasteiger partial charge on any atom is -0.444 e. The molecule has 0 spiro atoms. The zero-order valence-corrected chi connectivity index (χ0v) is 12.6. The molecule has 6 nitrogen and oxygen atoms in total. The van der Waals surface area contributed by atoms with Gasteiger partial charge in [-0.05, 0) is 40.2 Å². The number of carbonyl (C=O) groups excluding carboxylic acids is 2. The maximum absolute atomic E-state index is 12.0. The van der Waals surface area contributed by atoms with E-state index in [1.54, 1.807) is 30.3 Å². The van der Waals surface area contributed by atoms with E-state index in [1.807, 2.05) is 0 Å². The molecule has 110 valence electrons. The van der Waals surface area contributed by atoms with E-state index in [9.17, 15) is 9.59 Å². The fourth-order valence-electron chi connectivity index (χ4n) is 1.69. The monoisotopic (exact) mass is 351 g/mol. The fraction of sp³-hybridized carbons (Fsp3) is 0.143. The molecule has 2 amide bonds. The molecule has 1 aromatic heterocycles. The Labute approximate surface area is 129 Å². The van der Waals surface area contributed by atoms with Crippen LogP contribution in [0.3, 0.4) is 0 Å². The number of halogens is 1. The van der Waals surface area contributed by atoms with E-state index >= 15 is 0 Å². The van der Waals surface area contributed by atoms with Crippen LogP contribution in [0, 0.1) is 0 Å². The molecule has 1 heterocycles. The van der Waals surface area contributed by atoms with E-state index < -0.39 is 5.91 Å². The zero-order valence-electron chi connectivity index (χ0n) is 11.1. The molecule has 4 N–H and O–H groups in total. The lowest BCUT2D eigenvalue weighted by Crippen LogP contribution is -2.29. The van der Waals surface area contributed by atoms with Gasteiger partial charge in [0.2, 0.25) is 0 Å². The Morgan fingerprint density at radius 1 is 1.14 bits per heavy atom. The van der Waals surface area contributed by atoms with Crippen molar-refractivity contribution in [3.63, 3.8) is 0 Å². The van der Waals surface area contributed by atoms with Gasteiger partial charge in [0.15, 0.2) is 10.4 Å². The predicted octanol–water partition coefficient (Wildman–Crippen LogP) is 1.98. The molecular weight excluding hydrogens is 338 g/mol. The van der Waals surface area contributed by atoms with Gasteiger partial charge in [-0.1, -0.05) is 12.1 Å². The van der Waals surface area contributed by atoms with Gasteiger partial charge in [0.25, 0.3) is 11.8 Å². The van der Waals surface area contributed by atoms with Crippen LogP contribution in [0.15, 0.2) is 45.5 Å². The molecule has 0 bridgehead atoms. The van der Waals surface area contributed by atoms with Gasteiger partial charge in [0.05, 0.1) is 11.3 Å². The molecule has 0 radical (unpaired) electrons. The number of furan rings is 1. The Bertz CT molecular complexity index is 654. The molecule has 21 heavy (non-hydrogen) atoms. The van der Waals surface area contributed by atoms with E-state index in [2.05, 4.69) is 26.6 Å². The zero-order chi connectivity index (χ0) is 15.2. The maximum Gasteiger partial charge on any atom is 0.291 e. The lowest BCUT2D eigenvalue weighted by molar-refractivity contribution is 0.0955. The smallest absolute Gasteiger partial charge is 0.291 e. The average molecular weight is 352 g/mol. The summed E-state index contributed by atoms with van der Waals surface area (Å²) in [4.78, 5) is 24.0. The minimum absolute atomic E-state index is 0.152. The first-order chi connectivity index (χ1) is 10.1. The summed E-state index contributed by atoms with van der Waals surface area (Å²) in [5.41, 5.74) is 6.12. The summed E-state index contributed by atoms with van der Waals surface area (Å²) in [5, 5.41) is 5.31. The summed E-state index contributed by atoms with van der Waals surface area (Å²) >= 11 is 3.13. The number of hydrogen-bond donors (Lipinski definition) is 3. The molecular formula is C14H14BrN3O3. The lowest BCUT2D eigenvalue weighted by atomic mass is 10.1. The van der Waals surface area contributed by atoms with Crippen molar-refractivity contribution in [3.8, 4) is 0 Å². The second-order valence-corrected chi connectivity index (χ2v) is 4.93. The van der Waals surface area contributed by atoms with Gasteiger partial charge in [-0.25, -0.2) is 0 Å². The van der Waals surface area contributed by atoms with Gasteiger partial charge >= 0.3 is 0 Å². The Balaban J connectivity index is 2.16. The van der Waals surface area contributed by atoms with Gasteiger partial charge in [-0.3, -0.25) is 9.59 Å². The number of benzene rings is 1. The SMILES string of the molecule is NCCNC(=O)c1ccccc1NC(=O)c1ccc(Br)o1. The van der Waals surface area contributed by atoms with Crippen molar-refractivity contribution in [1.29, 1.82) is 0 Å². The van der Waals surface area contributed by atoms with Gasteiger partial charge < -0.3 is 20.8 Å². The van der Waals surface area contributed by atoms with Crippen LogP contribution >= 0.6 is 15.9 Å². The topological polar surface area (TPSA) is 97.4 Å². The quantitative estimate of drug-likeness (QED) is 0.767. The van der Waals surface area contributed by atoms with Crippen molar-refractivity contribution < 1.29 is 14.0 Å². The lowest BCUT2D eigenvalue weighted by Gasteiger charge is -2.10. The van der Waals surface area contributed by atoms with Crippen LogP contribution in [0.25, 0.3) is 0 Å².